The molecular formula is C15H20O. The van der Waals surface area contributed by atoms with Crippen molar-refractivity contribution in [2.75, 3.05) is 0 Å². The van der Waals surface area contributed by atoms with Crippen LogP contribution in [-0.2, 0) is 4.79 Å². The zero-order valence-corrected chi connectivity index (χ0v) is 10.1. The Bertz CT molecular complexity index is 355. The van der Waals surface area contributed by atoms with Crippen LogP contribution in [0.15, 0.2) is 30.3 Å². The Labute approximate surface area is 97.9 Å². The van der Waals surface area contributed by atoms with Crippen molar-refractivity contribution in [3.8, 4) is 0 Å². The molecule has 2 rings (SSSR count). The number of carbonyl (C=O) groups is 1. The molecule has 0 saturated heterocycles. The average molecular weight is 216 g/mol. The number of Topliss-reactive ketones (excluding diaryl/α,β-unsaturated/α-hetero) is 1. The molecule has 0 radical (unpaired) electrons. The fourth-order valence-corrected chi connectivity index (χ4v) is 2.93. The third kappa shape index (κ3) is 2.04. The second-order valence-electron chi connectivity index (χ2n) is 4.93. The summed E-state index contributed by atoms with van der Waals surface area (Å²) in [5.41, 5.74) is 1.34. The van der Waals surface area contributed by atoms with E-state index in [1.807, 2.05) is 6.07 Å². The molecule has 1 aliphatic rings. The van der Waals surface area contributed by atoms with Gasteiger partial charge in [0.1, 0.15) is 5.78 Å². The smallest absolute Gasteiger partial charge is 0.139 e. The van der Waals surface area contributed by atoms with E-state index in [2.05, 4.69) is 38.1 Å². The lowest BCUT2D eigenvalue weighted by molar-refractivity contribution is -0.123. The highest BCUT2D eigenvalue weighted by molar-refractivity contribution is 5.86. The minimum Gasteiger partial charge on any atom is -0.299 e. The van der Waals surface area contributed by atoms with E-state index < -0.39 is 0 Å². The molecule has 86 valence electrons. The SMILES string of the molecule is CCCC1CC(c2ccccc2)C(C)C1=O. The normalized spacial score (nSPS) is 29.6. The van der Waals surface area contributed by atoms with Gasteiger partial charge < -0.3 is 0 Å². The molecule has 1 heteroatoms. The average Bonchev–Trinajstić information content (AvgIpc) is 2.59. The Morgan fingerprint density at radius 1 is 1.25 bits per heavy atom. The summed E-state index contributed by atoms with van der Waals surface area (Å²) in [6, 6.07) is 10.5. The highest BCUT2D eigenvalue weighted by Crippen LogP contribution is 2.41. The van der Waals surface area contributed by atoms with Crippen molar-refractivity contribution in [2.45, 2.75) is 39.0 Å². The number of ketones is 1. The van der Waals surface area contributed by atoms with Gasteiger partial charge in [-0.15, -0.1) is 0 Å². The van der Waals surface area contributed by atoms with Crippen LogP contribution in [-0.4, -0.2) is 5.78 Å². The summed E-state index contributed by atoms with van der Waals surface area (Å²) in [5, 5.41) is 0. The summed E-state index contributed by atoms with van der Waals surface area (Å²) in [4.78, 5) is 12.1. The zero-order valence-electron chi connectivity index (χ0n) is 10.1. The van der Waals surface area contributed by atoms with Gasteiger partial charge in [-0.05, 0) is 24.3 Å². The number of rotatable bonds is 3. The Hall–Kier alpha value is -1.11. The van der Waals surface area contributed by atoms with Gasteiger partial charge in [0.05, 0.1) is 0 Å². The van der Waals surface area contributed by atoms with Crippen LogP contribution >= 0.6 is 0 Å². The first-order valence-corrected chi connectivity index (χ1v) is 6.32. The van der Waals surface area contributed by atoms with Crippen LogP contribution in [0.5, 0.6) is 0 Å². The molecule has 0 N–H and O–H groups in total. The third-order valence-electron chi connectivity index (χ3n) is 3.86. The molecule has 0 amide bonds. The lowest BCUT2D eigenvalue weighted by Gasteiger charge is -2.13. The van der Waals surface area contributed by atoms with E-state index in [9.17, 15) is 4.79 Å². The van der Waals surface area contributed by atoms with Crippen LogP contribution in [0.2, 0.25) is 0 Å². The predicted molar refractivity (Wildman–Crippen MR) is 66.4 cm³/mol. The first-order chi connectivity index (χ1) is 7.74. The van der Waals surface area contributed by atoms with E-state index in [1.165, 1.54) is 5.56 Å². The summed E-state index contributed by atoms with van der Waals surface area (Å²) in [7, 11) is 0. The van der Waals surface area contributed by atoms with Crippen molar-refractivity contribution < 1.29 is 4.79 Å². The zero-order chi connectivity index (χ0) is 11.5. The summed E-state index contributed by atoms with van der Waals surface area (Å²) < 4.78 is 0. The Kier molecular flexibility index (Phi) is 3.42. The van der Waals surface area contributed by atoms with Gasteiger partial charge in [-0.25, -0.2) is 0 Å². The van der Waals surface area contributed by atoms with Gasteiger partial charge in [0, 0.05) is 11.8 Å². The van der Waals surface area contributed by atoms with Gasteiger partial charge in [-0.2, -0.15) is 0 Å². The summed E-state index contributed by atoms with van der Waals surface area (Å²) >= 11 is 0. The van der Waals surface area contributed by atoms with Crippen molar-refractivity contribution in [2.24, 2.45) is 11.8 Å². The molecule has 16 heavy (non-hydrogen) atoms. The van der Waals surface area contributed by atoms with E-state index in [4.69, 9.17) is 0 Å². The van der Waals surface area contributed by atoms with Crippen molar-refractivity contribution >= 4 is 5.78 Å². The van der Waals surface area contributed by atoms with E-state index in [1.54, 1.807) is 0 Å². The molecule has 1 aromatic carbocycles. The third-order valence-corrected chi connectivity index (χ3v) is 3.86. The molecule has 0 aliphatic heterocycles. The van der Waals surface area contributed by atoms with Gasteiger partial charge in [0.2, 0.25) is 0 Å². The molecule has 1 aromatic rings. The summed E-state index contributed by atoms with van der Waals surface area (Å²) in [5.74, 6) is 1.45. The molecule has 1 saturated carbocycles. The second kappa shape index (κ2) is 4.82. The van der Waals surface area contributed by atoms with E-state index in [-0.39, 0.29) is 5.92 Å². The standard InChI is InChI=1S/C15H20O/c1-3-7-13-10-14(11(2)15(13)16)12-8-5-4-6-9-12/h4-6,8-9,11,13-14H,3,7,10H2,1-2H3. The van der Waals surface area contributed by atoms with Crippen molar-refractivity contribution in [1.29, 1.82) is 0 Å². The Balaban J connectivity index is 2.16. The largest absolute Gasteiger partial charge is 0.299 e. The van der Waals surface area contributed by atoms with Crippen LogP contribution in [0.3, 0.4) is 0 Å². The molecule has 0 bridgehead atoms. The maximum Gasteiger partial charge on any atom is 0.139 e. The monoisotopic (exact) mass is 216 g/mol. The van der Waals surface area contributed by atoms with Gasteiger partial charge in [-0.1, -0.05) is 50.6 Å². The van der Waals surface area contributed by atoms with Crippen molar-refractivity contribution in [3.05, 3.63) is 35.9 Å². The highest BCUT2D eigenvalue weighted by Gasteiger charge is 2.38. The lowest BCUT2D eigenvalue weighted by atomic mass is 9.90. The van der Waals surface area contributed by atoms with Crippen molar-refractivity contribution in [3.63, 3.8) is 0 Å². The highest BCUT2D eigenvalue weighted by atomic mass is 16.1. The molecule has 1 nitrogen and oxygen atoms in total. The van der Waals surface area contributed by atoms with Gasteiger partial charge in [0.15, 0.2) is 0 Å². The maximum absolute atomic E-state index is 12.1. The molecule has 0 spiro atoms. The predicted octanol–water partition coefficient (Wildman–Crippen LogP) is 3.80. The van der Waals surface area contributed by atoms with E-state index in [0.717, 1.165) is 19.3 Å². The minimum absolute atomic E-state index is 0.207. The van der Waals surface area contributed by atoms with Crippen LogP contribution in [0.1, 0.15) is 44.6 Å². The van der Waals surface area contributed by atoms with Crippen molar-refractivity contribution in [1.82, 2.24) is 0 Å². The number of hydrogen-bond donors (Lipinski definition) is 0. The molecule has 3 atom stereocenters. The maximum atomic E-state index is 12.1. The van der Waals surface area contributed by atoms with Gasteiger partial charge in [-0.3, -0.25) is 4.79 Å². The van der Waals surface area contributed by atoms with Crippen LogP contribution in [0.4, 0.5) is 0 Å². The fourth-order valence-electron chi connectivity index (χ4n) is 2.93. The fraction of sp³-hybridized carbons (Fsp3) is 0.533. The van der Waals surface area contributed by atoms with Gasteiger partial charge in [0.25, 0.3) is 0 Å². The molecule has 1 aliphatic carbocycles. The Morgan fingerprint density at radius 3 is 2.56 bits per heavy atom. The summed E-state index contributed by atoms with van der Waals surface area (Å²) in [6.45, 7) is 4.25. The minimum atomic E-state index is 0.207. The quantitative estimate of drug-likeness (QED) is 0.751. The van der Waals surface area contributed by atoms with E-state index >= 15 is 0 Å². The molecular weight excluding hydrogens is 196 g/mol. The topological polar surface area (TPSA) is 17.1 Å². The first kappa shape index (κ1) is 11.4. The number of benzene rings is 1. The second-order valence-corrected chi connectivity index (χ2v) is 4.93. The van der Waals surface area contributed by atoms with Crippen LogP contribution in [0.25, 0.3) is 0 Å². The van der Waals surface area contributed by atoms with Gasteiger partial charge >= 0.3 is 0 Å². The van der Waals surface area contributed by atoms with E-state index in [0.29, 0.717) is 17.6 Å². The van der Waals surface area contributed by atoms with Crippen LogP contribution < -0.4 is 0 Å². The number of carbonyl (C=O) groups excluding carboxylic acids is 1. The molecule has 1 fully saturated rings. The molecule has 0 heterocycles. The van der Waals surface area contributed by atoms with Crippen LogP contribution in [0, 0.1) is 11.8 Å². The lowest BCUT2D eigenvalue weighted by Crippen LogP contribution is -2.12. The summed E-state index contributed by atoms with van der Waals surface area (Å²) in [6.07, 6.45) is 3.23. The number of hydrogen-bond acceptors (Lipinski definition) is 1. The Morgan fingerprint density at radius 2 is 1.94 bits per heavy atom. The molecule has 3 unspecified atom stereocenters. The first-order valence-electron chi connectivity index (χ1n) is 6.32. The molecule has 0 aromatic heterocycles.